The van der Waals surface area contributed by atoms with Gasteiger partial charge >= 0.3 is 6.18 Å². The Balaban J connectivity index is 1.92. The number of amides is 1. The number of aliphatic hydroxyl groups is 1. The fourth-order valence-electron chi connectivity index (χ4n) is 2.05. The van der Waals surface area contributed by atoms with E-state index in [0.717, 1.165) is 0 Å². The minimum atomic E-state index is -4.64. The largest absolute Gasteiger partial charge is 0.417 e. The number of carbonyl (C=O) groups is 1. The molecule has 0 radical (unpaired) electrons. The van der Waals surface area contributed by atoms with Crippen molar-refractivity contribution in [2.24, 2.45) is 7.05 Å². The average Bonchev–Trinajstić information content (AvgIpc) is 2.60. The molecule has 1 aromatic rings. The molecule has 1 amide bonds. The van der Waals surface area contributed by atoms with Crippen LogP contribution in [-0.2, 0) is 7.05 Å². The Labute approximate surface area is 101 Å². The number of hydrogen-bond donors (Lipinski definition) is 2. The van der Waals surface area contributed by atoms with Gasteiger partial charge in [0.05, 0.1) is 0 Å². The Kier molecular flexibility index (Phi) is 2.89. The number of carbonyl (C=O) groups excluding carboxylic acids is 1. The summed E-state index contributed by atoms with van der Waals surface area (Å²) >= 11 is 0. The predicted molar refractivity (Wildman–Crippen MR) is 56.9 cm³/mol. The molecule has 0 atom stereocenters. The normalized spacial score (nSPS) is 27.7. The summed E-state index contributed by atoms with van der Waals surface area (Å²) in [6, 6.07) is 2.60. The Morgan fingerprint density at radius 3 is 2.61 bits per heavy atom. The minimum Gasteiger partial charge on any atom is -0.380 e. The topological polar surface area (TPSA) is 54.3 Å². The van der Waals surface area contributed by atoms with Crippen LogP contribution in [0.25, 0.3) is 0 Å². The molecule has 0 saturated heterocycles. The maximum Gasteiger partial charge on any atom is 0.417 e. The number of halogens is 3. The molecule has 2 rings (SSSR count). The van der Waals surface area contributed by atoms with Gasteiger partial charge in [-0.3, -0.25) is 4.79 Å². The van der Waals surface area contributed by atoms with Crippen LogP contribution in [0.15, 0.2) is 18.3 Å². The van der Waals surface area contributed by atoms with E-state index in [-0.39, 0.29) is 0 Å². The lowest BCUT2D eigenvalue weighted by molar-refractivity contribution is -0.291. The first-order chi connectivity index (χ1) is 8.23. The van der Waals surface area contributed by atoms with E-state index >= 15 is 0 Å². The lowest BCUT2D eigenvalue weighted by Crippen LogP contribution is -2.62. The zero-order valence-corrected chi connectivity index (χ0v) is 9.66. The molecule has 0 aliphatic heterocycles. The summed E-state index contributed by atoms with van der Waals surface area (Å²) in [6.07, 6.45) is -3.96. The molecule has 0 unspecified atom stereocenters. The van der Waals surface area contributed by atoms with Gasteiger partial charge in [-0.2, -0.15) is 13.2 Å². The average molecular weight is 262 g/mol. The van der Waals surface area contributed by atoms with Gasteiger partial charge in [-0.1, -0.05) is 0 Å². The molecule has 1 fully saturated rings. The minimum absolute atomic E-state index is 0.373. The zero-order chi connectivity index (χ0) is 13.6. The first-order valence-corrected chi connectivity index (χ1v) is 5.44. The van der Waals surface area contributed by atoms with Gasteiger partial charge in [0.15, 0.2) is 5.60 Å². The molecule has 1 heterocycles. The second kappa shape index (κ2) is 4.01. The van der Waals surface area contributed by atoms with Crippen molar-refractivity contribution >= 4 is 5.91 Å². The van der Waals surface area contributed by atoms with Crippen LogP contribution in [0.4, 0.5) is 13.2 Å². The summed E-state index contributed by atoms with van der Waals surface area (Å²) in [6.45, 7) is 0. The standard InChI is InChI=1S/C11H13F3N2O2/c1-16-4-2-3-8(16)9(17)15-7-5-10(18,6-7)11(12,13)14/h2-4,7,18H,5-6H2,1H3,(H,15,17). The van der Waals surface area contributed by atoms with Crippen molar-refractivity contribution in [3.63, 3.8) is 0 Å². The second-order valence-electron chi connectivity index (χ2n) is 4.61. The lowest BCUT2D eigenvalue weighted by atomic mass is 9.75. The van der Waals surface area contributed by atoms with Crippen LogP contribution in [0.3, 0.4) is 0 Å². The molecular weight excluding hydrogens is 249 g/mol. The highest BCUT2D eigenvalue weighted by atomic mass is 19.4. The fraction of sp³-hybridized carbons (Fsp3) is 0.545. The Bertz CT molecular complexity index is 461. The van der Waals surface area contributed by atoms with Crippen molar-refractivity contribution < 1.29 is 23.1 Å². The van der Waals surface area contributed by atoms with Crippen molar-refractivity contribution in [2.45, 2.75) is 30.7 Å². The Morgan fingerprint density at radius 1 is 1.56 bits per heavy atom. The van der Waals surface area contributed by atoms with Crippen LogP contribution in [0.2, 0.25) is 0 Å². The van der Waals surface area contributed by atoms with Crippen molar-refractivity contribution in [3.8, 4) is 0 Å². The molecule has 18 heavy (non-hydrogen) atoms. The third-order valence-electron chi connectivity index (χ3n) is 3.21. The molecule has 7 heteroatoms. The Hall–Kier alpha value is -1.50. The first kappa shape index (κ1) is 12.9. The molecule has 0 spiro atoms. The molecule has 1 aromatic heterocycles. The van der Waals surface area contributed by atoms with E-state index in [1.807, 2.05) is 0 Å². The van der Waals surface area contributed by atoms with Gasteiger partial charge in [0.25, 0.3) is 5.91 Å². The number of nitrogens with one attached hydrogen (secondary N) is 1. The van der Waals surface area contributed by atoms with Gasteiger partial charge in [-0.05, 0) is 12.1 Å². The van der Waals surface area contributed by atoms with Crippen LogP contribution >= 0.6 is 0 Å². The lowest BCUT2D eigenvalue weighted by Gasteiger charge is -2.44. The van der Waals surface area contributed by atoms with Crippen LogP contribution in [0.5, 0.6) is 0 Å². The molecular formula is C11H13F3N2O2. The summed E-state index contributed by atoms with van der Waals surface area (Å²) in [4.78, 5) is 11.7. The highest BCUT2D eigenvalue weighted by Crippen LogP contribution is 2.45. The second-order valence-corrected chi connectivity index (χ2v) is 4.61. The quantitative estimate of drug-likeness (QED) is 0.841. The SMILES string of the molecule is Cn1cccc1C(=O)NC1CC(O)(C(F)(F)F)C1. The van der Waals surface area contributed by atoms with Gasteiger partial charge in [-0.25, -0.2) is 0 Å². The van der Waals surface area contributed by atoms with Crippen molar-refractivity contribution in [3.05, 3.63) is 24.0 Å². The maximum absolute atomic E-state index is 12.4. The fourth-order valence-corrected chi connectivity index (χ4v) is 2.05. The molecule has 1 aliphatic carbocycles. The number of alkyl halides is 3. The van der Waals surface area contributed by atoms with Crippen LogP contribution < -0.4 is 5.32 Å². The molecule has 1 aliphatic rings. The number of aromatic nitrogens is 1. The van der Waals surface area contributed by atoms with E-state index in [1.165, 1.54) is 0 Å². The van der Waals surface area contributed by atoms with E-state index < -0.39 is 36.6 Å². The monoisotopic (exact) mass is 262 g/mol. The van der Waals surface area contributed by atoms with E-state index in [2.05, 4.69) is 5.32 Å². The van der Waals surface area contributed by atoms with Crippen LogP contribution in [-0.4, -0.2) is 33.4 Å². The number of hydrogen-bond acceptors (Lipinski definition) is 2. The third kappa shape index (κ3) is 2.10. The van der Waals surface area contributed by atoms with Crippen molar-refractivity contribution in [2.75, 3.05) is 0 Å². The molecule has 0 bridgehead atoms. The van der Waals surface area contributed by atoms with E-state index in [0.29, 0.717) is 5.69 Å². The summed E-state index contributed by atoms with van der Waals surface area (Å²) in [5.74, 6) is -0.434. The molecule has 4 nitrogen and oxygen atoms in total. The first-order valence-electron chi connectivity index (χ1n) is 5.44. The van der Waals surface area contributed by atoms with E-state index in [1.54, 1.807) is 29.9 Å². The zero-order valence-electron chi connectivity index (χ0n) is 9.66. The summed E-state index contributed by atoms with van der Waals surface area (Å²) < 4.78 is 38.7. The van der Waals surface area contributed by atoms with E-state index in [4.69, 9.17) is 0 Å². The van der Waals surface area contributed by atoms with Crippen molar-refractivity contribution in [1.29, 1.82) is 0 Å². The van der Waals surface area contributed by atoms with Gasteiger partial charge in [-0.15, -0.1) is 0 Å². The third-order valence-corrected chi connectivity index (χ3v) is 3.21. The molecule has 2 N–H and O–H groups in total. The summed E-state index contributed by atoms with van der Waals surface area (Å²) in [5.41, 5.74) is -2.28. The highest BCUT2D eigenvalue weighted by Gasteiger charge is 2.61. The molecule has 0 aromatic carbocycles. The smallest absolute Gasteiger partial charge is 0.380 e. The van der Waals surface area contributed by atoms with Gasteiger partial charge in [0.1, 0.15) is 5.69 Å². The molecule has 1 saturated carbocycles. The van der Waals surface area contributed by atoms with Crippen LogP contribution in [0.1, 0.15) is 23.3 Å². The van der Waals surface area contributed by atoms with E-state index in [9.17, 15) is 23.1 Å². The summed E-state index contributed by atoms with van der Waals surface area (Å²) in [7, 11) is 1.67. The van der Waals surface area contributed by atoms with Crippen LogP contribution in [0, 0.1) is 0 Å². The number of nitrogens with zero attached hydrogens (tertiary/aromatic N) is 1. The highest BCUT2D eigenvalue weighted by molar-refractivity contribution is 5.93. The van der Waals surface area contributed by atoms with Gasteiger partial charge in [0, 0.05) is 32.1 Å². The molecule has 100 valence electrons. The maximum atomic E-state index is 12.4. The Morgan fingerprint density at radius 2 is 2.17 bits per heavy atom. The van der Waals surface area contributed by atoms with Gasteiger partial charge in [0.2, 0.25) is 0 Å². The predicted octanol–water partition coefficient (Wildman–Crippen LogP) is 1.21. The van der Waals surface area contributed by atoms with Crippen molar-refractivity contribution in [1.82, 2.24) is 9.88 Å². The summed E-state index contributed by atoms with van der Waals surface area (Å²) in [5, 5.41) is 11.7. The number of aryl methyl sites for hydroxylation is 1. The number of rotatable bonds is 2. The van der Waals surface area contributed by atoms with Gasteiger partial charge < -0.3 is 15.0 Å².